The van der Waals surface area contributed by atoms with Crippen LogP contribution in [0.5, 0.6) is 0 Å². The number of halogens is 2. The highest BCUT2D eigenvalue weighted by Crippen LogP contribution is 2.49. The van der Waals surface area contributed by atoms with Crippen LogP contribution in [0.4, 0.5) is 19.3 Å². The van der Waals surface area contributed by atoms with E-state index in [0.717, 1.165) is 18.1 Å². The summed E-state index contributed by atoms with van der Waals surface area (Å²) in [5.41, 5.74) is 2.75. The van der Waals surface area contributed by atoms with Gasteiger partial charge in [-0.15, -0.1) is 0 Å². The molecule has 28 heavy (non-hydrogen) atoms. The van der Waals surface area contributed by atoms with Gasteiger partial charge in [0.05, 0.1) is 18.3 Å². The molecule has 6 nitrogen and oxygen atoms in total. The molecule has 2 aliphatic heterocycles. The van der Waals surface area contributed by atoms with Gasteiger partial charge in [0.15, 0.2) is 11.6 Å². The van der Waals surface area contributed by atoms with Crippen molar-refractivity contribution in [1.29, 1.82) is 0 Å². The van der Waals surface area contributed by atoms with Crippen LogP contribution in [0.1, 0.15) is 41.5 Å². The summed E-state index contributed by atoms with van der Waals surface area (Å²) in [7, 11) is 0. The molecular weight excluding hydrogens is 366 g/mol. The van der Waals surface area contributed by atoms with Crippen molar-refractivity contribution in [3.8, 4) is 0 Å². The summed E-state index contributed by atoms with van der Waals surface area (Å²) in [4.78, 5) is 32.4. The molecule has 8 heteroatoms. The number of hydrogen-bond acceptors (Lipinski definition) is 3. The van der Waals surface area contributed by atoms with Crippen molar-refractivity contribution in [2.45, 2.75) is 31.3 Å². The second-order valence-corrected chi connectivity index (χ2v) is 7.49. The predicted molar refractivity (Wildman–Crippen MR) is 96.5 cm³/mol. The average molecular weight is 384 g/mol. The molecule has 2 bridgehead atoms. The monoisotopic (exact) mass is 384 g/mol. The molecule has 5 rings (SSSR count). The molecule has 0 radical (unpaired) electrons. The van der Waals surface area contributed by atoms with Crippen LogP contribution in [-0.2, 0) is 11.3 Å². The Balaban J connectivity index is 1.27. The van der Waals surface area contributed by atoms with Gasteiger partial charge in [0.2, 0.25) is 5.91 Å². The summed E-state index contributed by atoms with van der Waals surface area (Å²) in [6.45, 7) is 0.764. The molecule has 1 aromatic heterocycles. The van der Waals surface area contributed by atoms with E-state index in [1.807, 2.05) is 17.2 Å². The Morgan fingerprint density at radius 3 is 2.96 bits per heavy atom. The molecule has 1 unspecified atom stereocenters. The number of hydrogen-bond donors (Lipinski definition) is 1. The molecule has 3 aliphatic rings. The van der Waals surface area contributed by atoms with Crippen molar-refractivity contribution in [2.75, 3.05) is 18.4 Å². The van der Waals surface area contributed by atoms with E-state index >= 15 is 0 Å². The maximum absolute atomic E-state index is 14.0. The highest BCUT2D eigenvalue weighted by molar-refractivity contribution is 5.92. The van der Waals surface area contributed by atoms with Crippen molar-refractivity contribution < 1.29 is 18.4 Å². The largest absolute Gasteiger partial charge is 0.335 e. The molecule has 0 spiro atoms. The second-order valence-electron chi connectivity index (χ2n) is 7.49. The number of likely N-dealkylation sites (tertiary alicyclic amines) is 1. The third-order valence-electron chi connectivity index (χ3n) is 5.98. The maximum atomic E-state index is 14.0. The van der Waals surface area contributed by atoms with E-state index in [1.54, 1.807) is 6.20 Å². The first-order chi connectivity index (χ1) is 13.5. The van der Waals surface area contributed by atoms with E-state index in [4.69, 9.17) is 0 Å². The molecular formula is C20H18F2N4O2. The lowest BCUT2D eigenvalue weighted by atomic mass is 10.0. The van der Waals surface area contributed by atoms with Gasteiger partial charge in [-0.1, -0.05) is 0 Å². The Morgan fingerprint density at radius 1 is 1.25 bits per heavy atom. The van der Waals surface area contributed by atoms with Gasteiger partial charge in [0.25, 0.3) is 0 Å². The zero-order chi connectivity index (χ0) is 19.4. The SMILES string of the molecule is O=C1Nc2ccc(F)c(F)c2CN1CCC(=O)N1CC2C[C@H]1c1cnccc12. The van der Waals surface area contributed by atoms with E-state index in [1.165, 1.54) is 16.5 Å². The number of urea groups is 1. The summed E-state index contributed by atoms with van der Waals surface area (Å²) >= 11 is 0. The molecule has 1 saturated heterocycles. The normalized spacial score (nSPS) is 22.1. The Bertz CT molecular complexity index is 996. The number of aromatic nitrogens is 1. The molecule has 144 valence electrons. The van der Waals surface area contributed by atoms with Crippen LogP contribution in [0.3, 0.4) is 0 Å². The van der Waals surface area contributed by atoms with Crippen molar-refractivity contribution in [3.05, 3.63) is 58.9 Å². The van der Waals surface area contributed by atoms with E-state index < -0.39 is 17.7 Å². The van der Waals surface area contributed by atoms with Crippen LogP contribution in [0.15, 0.2) is 30.6 Å². The first kappa shape index (κ1) is 17.1. The molecule has 0 saturated carbocycles. The summed E-state index contributed by atoms with van der Waals surface area (Å²) < 4.78 is 27.5. The maximum Gasteiger partial charge on any atom is 0.322 e. The number of anilines is 1. The van der Waals surface area contributed by atoms with E-state index in [9.17, 15) is 18.4 Å². The van der Waals surface area contributed by atoms with E-state index in [0.29, 0.717) is 12.5 Å². The van der Waals surface area contributed by atoms with Crippen molar-refractivity contribution in [2.24, 2.45) is 0 Å². The number of nitrogens with one attached hydrogen (secondary N) is 1. The number of rotatable bonds is 3. The zero-order valence-corrected chi connectivity index (χ0v) is 15.0. The first-order valence-electron chi connectivity index (χ1n) is 9.29. The fourth-order valence-corrected chi connectivity index (χ4v) is 4.58. The minimum Gasteiger partial charge on any atom is -0.335 e. The summed E-state index contributed by atoms with van der Waals surface area (Å²) in [6, 6.07) is 3.99. The number of pyridine rings is 1. The van der Waals surface area contributed by atoms with Gasteiger partial charge in [-0.25, -0.2) is 13.6 Å². The van der Waals surface area contributed by atoms with Gasteiger partial charge in [-0.2, -0.15) is 0 Å². The quantitative estimate of drug-likeness (QED) is 0.884. The molecule has 3 amide bonds. The fourth-order valence-electron chi connectivity index (χ4n) is 4.58. The van der Waals surface area contributed by atoms with Crippen LogP contribution in [0, 0.1) is 11.6 Å². The number of nitrogens with zero attached hydrogens (tertiary/aromatic N) is 3. The number of carbonyl (C=O) groups excluding carboxylic acids is 2. The molecule has 3 heterocycles. The van der Waals surface area contributed by atoms with Crippen molar-refractivity contribution in [3.63, 3.8) is 0 Å². The summed E-state index contributed by atoms with van der Waals surface area (Å²) in [6.07, 6.45) is 4.65. The number of amides is 3. The minimum absolute atomic E-state index is 0.0414. The lowest BCUT2D eigenvalue weighted by Gasteiger charge is -2.32. The highest BCUT2D eigenvalue weighted by atomic mass is 19.2. The van der Waals surface area contributed by atoms with Gasteiger partial charge in [0.1, 0.15) is 0 Å². The van der Waals surface area contributed by atoms with Gasteiger partial charge in [-0.05, 0) is 35.7 Å². The standard InChI is InChI=1S/C20H18F2N4O2/c21-15-1-2-16-14(19(15)22)10-25(20(28)24-16)6-4-18(27)26-9-11-7-17(26)13-8-23-5-3-12(11)13/h1-3,5,8,11,17H,4,6-7,9-10H2,(H,24,28)/t11?,17-/m0/s1. The number of carbonyl (C=O) groups is 2. The molecule has 1 fully saturated rings. The zero-order valence-electron chi connectivity index (χ0n) is 15.0. The Labute approximate surface area is 160 Å². The summed E-state index contributed by atoms with van der Waals surface area (Å²) in [5.74, 6) is -1.62. The third kappa shape index (κ3) is 2.55. The Hall–Kier alpha value is -3.03. The minimum atomic E-state index is -0.963. The van der Waals surface area contributed by atoms with Crippen LogP contribution >= 0.6 is 0 Å². The van der Waals surface area contributed by atoms with Crippen LogP contribution in [0.2, 0.25) is 0 Å². The smallest absolute Gasteiger partial charge is 0.322 e. The van der Waals surface area contributed by atoms with E-state index in [2.05, 4.69) is 10.3 Å². The topological polar surface area (TPSA) is 65.5 Å². The van der Waals surface area contributed by atoms with Crippen molar-refractivity contribution in [1.82, 2.24) is 14.8 Å². The first-order valence-corrected chi connectivity index (χ1v) is 9.29. The van der Waals surface area contributed by atoms with Gasteiger partial charge in [0, 0.05) is 43.4 Å². The Kier molecular flexibility index (Phi) is 3.82. The fraction of sp³-hybridized carbons (Fsp3) is 0.350. The lowest BCUT2D eigenvalue weighted by Crippen LogP contribution is -2.42. The molecule has 2 aromatic rings. The second kappa shape index (κ2) is 6.25. The number of fused-ring (bicyclic) bond motifs is 6. The van der Waals surface area contributed by atoms with Gasteiger partial charge >= 0.3 is 6.03 Å². The van der Waals surface area contributed by atoms with Gasteiger partial charge < -0.3 is 15.1 Å². The van der Waals surface area contributed by atoms with Crippen molar-refractivity contribution >= 4 is 17.6 Å². The molecule has 1 aliphatic carbocycles. The van der Waals surface area contributed by atoms with Crippen LogP contribution in [0.25, 0.3) is 0 Å². The van der Waals surface area contributed by atoms with E-state index in [-0.39, 0.29) is 42.7 Å². The summed E-state index contributed by atoms with van der Waals surface area (Å²) in [5, 5.41) is 2.56. The highest BCUT2D eigenvalue weighted by Gasteiger charge is 2.44. The predicted octanol–water partition coefficient (Wildman–Crippen LogP) is 3.17. The molecule has 2 atom stereocenters. The van der Waals surface area contributed by atoms with Crippen LogP contribution in [-0.4, -0.2) is 39.8 Å². The van der Waals surface area contributed by atoms with Gasteiger partial charge in [-0.3, -0.25) is 9.78 Å². The molecule has 1 N–H and O–H groups in total. The average Bonchev–Trinajstić information content (AvgIpc) is 3.29. The Morgan fingerprint density at radius 2 is 2.11 bits per heavy atom. The molecule has 1 aromatic carbocycles. The van der Waals surface area contributed by atoms with Crippen LogP contribution < -0.4 is 5.32 Å². The third-order valence-corrected chi connectivity index (χ3v) is 5.98. The number of benzene rings is 1. The lowest BCUT2D eigenvalue weighted by molar-refractivity contribution is -0.132.